The van der Waals surface area contributed by atoms with E-state index in [1.54, 1.807) is 0 Å². The minimum absolute atomic E-state index is 0.0622. The smallest absolute Gasteiger partial charge is 0.520 e. The molecular formula is C10H8BF2NO3. The van der Waals surface area contributed by atoms with E-state index >= 15 is 0 Å². The lowest BCUT2D eigenvalue weighted by Crippen LogP contribution is -2.31. The highest BCUT2D eigenvalue weighted by molar-refractivity contribution is 6.62. The first-order valence-corrected chi connectivity index (χ1v) is 4.67. The van der Waals surface area contributed by atoms with Gasteiger partial charge in [-0.15, -0.1) is 0 Å². The number of hydrogen-bond donors (Lipinski definition) is 0. The van der Waals surface area contributed by atoms with Crippen LogP contribution in [-0.2, 0) is 9.31 Å². The lowest BCUT2D eigenvalue weighted by Gasteiger charge is -2.07. The molecule has 1 aliphatic heterocycles. The number of pyridine rings is 1. The fourth-order valence-electron chi connectivity index (χ4n) is 1.28. The average molecular weight is 239 g/mol. The summed E-state index contributed by atoms with van der Waals surface area (Å²) in [7, 11) is -0.774. The molecule has 0 aliphatic carbocycles. The van der Waals surface area contributed by atoms with Gasteiger partial charge < -0.3 is 14.0 Å². The summed E-state index contributed by atoms with van der Waals surface area (Å²) in [5.41, 5.74) is 0.447. The third kappa shape index (κ3) is 2.55. The average Bonchev–Trinajstić information content (AvgIpc) is 2.59. The predicted octanol–water partition coefficient (Wildman–Crippen LogP) is 1.45. The summed E-state index contributed by atoms with van der Waals surface area (Å²) in [6, 6.07) is 1.36. The molecule has 2 heterocycles. The molecule has 4 nitrogen and oxygen atoms in total. The van der Waals surface area contributed by atoms with Crippen LogP contribution in [0.25, 0.3) is 0 Å². The zero-order valence-electron chi connectivity index (χ0n) is 8.73. The predicted molar refractivity (Wildman–Crippen MR) is 56.7 cm³/mol. The van der Waals surface area contributed by atoms with Crippen molar-refractivity contribution >= 4 is 12.6 Å². The van der Waals surface area contributed by atoms with E-state index < -0.39 is 13.7 Å². The molecule has 0 saturated carbocycles. The third-order valence-electron chi connectivity index (χ3n) is 2.04. The van der Waals surface area contributed by atoms with Crippen LogP contribution in [0.5, 0.6) is 5.75 Å². The Labute approximate surface area is 96.7 Å². The normalized spacial score (nSPS) is 14.9. The molecule has 0 N–H and O–H groups in total. The van der Waals surface area contributed by atoms with Crippen LogP contribution in [0, 0.1) is 0 Å². The highest BCUT2D eigenvalue weighted by Gasteiger charge is 2.35. The van der Waals surface area contributed by atoms with Crippen LogP contribution in [0.1, 0.15) is 0 Å². The summed E-state index contributed by atoms with van der Waals surface area (Å²) in [5, 5.41) is 0. The van der Waals surface area contributed by atoms with Crippen molar-refractivity contribution in [3.05, 3.63) is 43.1 Å². The largest absolute Gasteiger partial charge is 0.634 e. The van der Waals surface area contributed by atoms with E-state index in [0.29, 0.717) is 17.0 Å². The minimum atomic E-state index is -2.90. The number of aromatic nitrogens is 1. The zero-order valence-corrected chi connectivity index (χ0v) is 8.73. The summed E-state index contributed by atoms with van der Waals surface area (Å²) in [6.07, 6.45) is 2.60. The Bertz CT molecular complexity index is 451. The highest BCUT2D eigenvalue weighted by atomic mass is 19.3. The van der Waals surface area contributed by atoms with Crippen molar-refractivity contribution in [3.8, 4) is 5.75 Å². The Morgan fingerprint density at radius 2 is 1.88 bits per heavy atom. The van der Waals surface area contributed by atoms with E-state index in [0.717, 1.165) is 0 Å². The molecule has 88 valence electrons. The van der Waals surface area contributed by atoms with E-state index in [2.05, 4.69) is 22.9 Å². The first kappa shape index (κ1) is 11.4. The first-order valence-electron chi connectivity index (χ1n) is 4.67. The molecule has 0 radical (unpaired) electrons. The van der Waals surface area contributed by atoms with Crippen molar-refractivity contribution in [3.63, 3.8) is 0 Å². The number of halogens is 2. The van der Waals surface area contributed by atoms with Crippen LogP contribution in [0.3, 0.4) is 0 Å². The maximum Gasteiger partial charge on any atom is 0.634 e. The second-order valence-electron chi connectivity index (χ2n) is 3.25. The number of hydrogen-bond acceptors (Lipinski definition) is 4. The van der Waals surface area contributed by atoms with Gasteiger partial charge in [-0.3, -0.25) is 4.98 Å². The summed E-state index contributed by atoms with van der Waals surface area (Å²) in [6.45, 7) is 4.23. The topological polar surface area (TPSA) is 40.6 Å². The molecule has 0 amide bonds. The SMILES string of the molecule is C=C1OB(c2cncc(OC(F)F)c2)OC1=C. The standard InChI is InChI=1S/C10H8BF2NO3/c1-6-7(2)17-11(16-6)8-3-9(5-14-4-8)15-10(12)13/h3-5,10H,1-2H2. The molecule has 1 aliphatic rings. The Balaban J connectivity index is 2.16. The van der Waals surface area contributed by atoms with E-state index in [1.807, 2.05) is 0 Å². The van der Waals surface area contributed by atoms with E-state index in [9.17, 15) is 8.78 Å². The molecule has 0 atom stereocenters. The van der Waals surface area contributed by atoms with Gasteiger partial charge in [0.15, 0.2) is 0 Å². The molecule has 0 aromatic carbocycles. The molecule has 0 unspecified atom stereocenters. The van der Waals surface area contributed by atoms with Crippen molar-refractivity contribution < 1.29 is 22.8 Å². The van der Waals surface area contributed by atoms with Gasteiger partial charge in [0, 0.05) is 11.7 Å². The molecular weight excluding hydrogens is 231 g/mol. The molecule has 0 bridgehead atoms. The van der Waals surface area contributed by atoms with Crippen LogP contribution in [0.2, 0.25) is 0 Å². The van der Waals surface area contributed by atoms with Crippen LogP contribution >= 0.6 is 0 Å². The molecule has 2 rings (SSSR count). The third-order valence-corrected chi connectivity index (χ3v) is 2.04. The Hall–Kier alpha value is -2.05. The van der Waals surface area contributed by atoms with Gasteiger partial charge in [0.1, 0.15) is 17.3 Å². The Morgan fingerprint density at radius 3 is 2.47 bits per heavy atom. The molecule has 0 spiro atoms. The van der Waals surface area contributed by atoms with E-state index in [4.69, 9.17) is 9.31 Å². The van der Waals surface area contributed by atoms with E-state index in [-0.39, 0.29) is 5.75 Å². The maximum absolute atomic E-state index is 12.0. The quantitative estimate of drug-likeness (QED) is 0.748. The fourth-order valence-corrected chi connectivity index (χ4v) is 1.28. The van der Waals surface area contributed by atoms with Gasteiger partial charge >= 0.3 is 13.7 Å². The molecule has 17 heavy (non-hydrogen) atoms. The Morgan fingerprint density at radius 1 is 1.24 bits per heavy atom. The maximum atomic E-state index is 12.0. The van der Waals surface area contributed by atoms with Gasteiger partial charge in [0.2, 0.25) is 0 Å². The summed E-state index contributed by atoms with van der Waals surface area (Å²) in [5.74, 6) is 0.540. The zero-order chi connectivity index (χ0) is 12.4. The van der Waals surface area contributed by atoms with Crippen LogP contribution in [0.15, 0.2) is 43.1 Å². The van der Waals surface area contributed by atoms with Gasteiger partial charge in [-0.1, -0.05) is 13.2 Å². The van der Waals surface area contributed by atoms with Gasteiger partial charge in [-0.2, -0.15) is 8.78 Å². The Kier molecular flexibility index (Phi) is 2.99. The lowest BCUT2D eigenvalue weighted by molar-refractivity contribution is -0.0500. The summed E-state index contributed by atoms with van der Waals surface area (Å²) < 4.78 is 38.7. The fraction of sp³-hybridized carbons (Fsp3) is 0.100. The molecule has 1 aromatic heterocycles. The van der Waals surface area contributed by atoms with Gasteiger partial charge in [-0.05, 0) is 6.07 Å². The van der Waals surface area contributed by atoms with Crippen molar-refractivity contribution in [1.29, 1.82) is 0 Å². The second kappa shape index (κ2) is 4.44. The van der Waals surface area contributed by atoms with Crippen LogP contribution < -0.4 is 10.2 Å². The van der Waals surface area contributed by atoms with Gasteiger partial charge in [0.25, 0.3) is 0 Å². The summed E-state index contributed by atoms with van der Waals surface area (Å²) in [4.78, 5) is 3.75. The van der Waals surface area contributed by atoms with Crippen molar-refractivity contribution in [2.75, 3.05) is 0 Å². The van der Waals surface area contributed by atoms with Gasteiger partial charge in [-0.25, -0.2) is 0 Å². The lowest BCUT2D eigenvalue weighted by atomic mass is 9.81. The van der Waals surface area contributed by atoms with Crippen molar-refractivity contribution in [2.45, 2.75) is 6.61 Å². The number of rotatable bonds is 3. The highest BCUT2D eigenvalue weighted by Crippen LogP contribution is 2.21. The second-order valence-corrected chi connectivity index (χ2v) is 3.25. The molecule has 1 fully saturated rings. The van der Waals surface area contributed by atoms with Crippen LogP contribution in [0.4, 0.5) is 8.78 Å². The number of alkyl halides is 2. The number of nitrogens with zero attached hydrogens (tertiary/aromatic N) is 1. The molecule has 1 saturated heterocycles. The minimum Gasteiger partial charge on any atom is -0.520 e. The first-order chi connectivity index (χ1) is 8.06. The van der Waals surface area contributed by atoms with Crippen molar-refractivity contribution in [2.24, 2.45) is 0 Å². The van der Waals surface area contributed by atoms with Gasteiger partial charge in [0.05, 0.1) is 6.20 Å². The molecule has 1 aromatic rings. The van der Waals surface area contributed by atoms with Crippen LogP contribution in [-0.4, -0.2) is 18.7 Å². The number of ether oxygens (including phenoxy) is 1. The molecule has 7 heteroatoms. The van der Waals surface area contributed by atoms with E-state index in [1.165, 1.54) is 18.5 Å². The monoisotopic (exact) mass is 239 g/mol. The summed E-state index contributed by atoms with van der Waals surface area (Å²) >= 11 is 0. The van der Waals surface area contributed by atoms with Crippen molar-refractivity contribution in [1.82, 2.24) is 4.98 Å².